The zero-order valence-electron chi connectivity index (χ0n) is 9.75. The minimum atomic E-state index is -0.403. The number of rotatable bonds is 1. The third-order valence-corrected chi connectivity index (χ3v) is 3.36. The van der Waals surface area contributed by atoms with Gasteiger partial charge in [0.2, 0.25) is 0 Å². The molecule has 2 fully saturated rings. The van der Waals surface area contributed by atoms with Crippen LogP contribution in [0.3, 0.4) is 0 Å². The average Bonchev–Trinajstić information content (AvgIpc) is 2.66. The SMILES string of the molecule is CC(C)(C)OC(=O)N1C[C@H]2C[C@@]2(CN)C1. The molecule has 0 aromatic heterocycles. The standard InChI is InChI=1S/C11H20N2O2/c1-10(2,3)15-9(14)13-5-8-4-11(8,6-12)7-13/h8H,4-7,12H2,1-3H3/t8-,11-/m1/s1. The summed E-state index contributed by atoms with van der Waals surface area (Å²) >= 11 is 0. The lowest BCUT2D eigenvalue weighted by molar-refractivity contribution is 0.0263. The van der Waals surface area contributed by atoms with Gasteiger partial charge in [-0.1, -0.05) is 0 Å². The fraction of sp³-hybridized carbons (Fsp3) is 0.909. The van der Waals surface area contributed by atoms with Gasteiger partial charge in [-0.3, -0.25) is 0 Å². The predicted molar refractivity (Wildman–Crippen MR) is 57.4 cm³/mol. The van der Waals surface area contributed by atoms with Crippen LogP contribution in [0.2, 0.25) is 0 Å². The van der Waals surface area contributed by atoms with E-state index in [1.807, 2.05) is 20.8 Å². The van der Waals surface area contributed by atoms with E-state index in [0.29, 0.717) is 12.5 Å². The summed E-state index contributed by atoms with van der Waals surface area (Å²) in [5.41, 5.74) is 5.55. The molecule has 86 valence electrons. The maximum absolute atomic E-state index is 11.7. The molecule has 1 aliphatic heterocycles. The molecule has 0 aromatic rings. The Balaban J connectivity index is 1.90. The number of likely N-dealkylation sites (tertiary alicyclic amines) is 1. The number of nitrogens with zero attached hydrogens (tertiary/aromatic N) is 1. The van der Waals surface area contributed by atoms with Crippen LogP contribution in [-0.2, 0) is 4.74 Å². The van der Waals surface area contributed by atoms with Crippen LogP contribution in [0.25, 0.3) is 0 Å². The number of carbonyl (C=O) groups excluding carboxylic acids is 1. The van der Waals surface area contributed by atoms with E-state index < -0.39 is 5.60 Å². The van der Waals surface area contributed by atoms with Crippen LogP contribution in [0, 0.1) is 11.3 Å². The van der Waals surface area contributed by atoms with E-state index >= 15 is 0 Å². The second kappa shape index (κ2) is 3.11. The third kappa shape index (κ3) is 1.95. The normalized spacial score (nSPS) is 33.9. The van der Waals surface area contributed by atoms with Gasteiger partial charge in [-0.15, -0.1) is 0 Å². The van der Waals surface area contributed by atoms with Crippen LogP contribution in [0.4, 0.5) is 4.79 Å². The van der Waals surface area contributed by atoms with Crippen molar-refractivity contribution in [1.82, 2.24) is 4.90 Å². The lowest BCUT2D eigenvalue weighted by Gasteiger charge is -2.26. The highest BCUT2D eigenvalue weighted by Gasteiger charge is 2.60. The summed E-state index contributed by atoms with van der Waals surface area (Å²) < 4.78 is 5.33. The van der Waals surface area contributed by atoms with Gasteiger partial charge in [0.25, 0.3) is 0 Å². The third-order valence-electron chi connectivity index (χ3n) is 3.36. The van der Waals surface area contributed by atoms with E-state index in [-0.39, 0.29) is 11.5 Å². The van der Waals surface area contributed by atoms with Crippen LogP contribution < -0.4 is 5.73 Å². The minimum absolute atomic E-state index is 0.192. The number of nitrogens with two attached hydrogens (primary N) is 1. The molecule has 1 saturated heterocycles. The Labute approximate surface area is 90.8 Å². The number of hydrogen-bond donors (Lipinski definition) is 1. The van der Waals surface area contributed by atoms with Gasteiger partial charge in [0.15, 0.2) is 0 Å². The second-order valence-electron chi connectivity index (χ2n) is 5.83. The van der Waals surface area contributed by atoms with Gasteiger partial charge in [0, 0.05) is 18.5 Å². The number of carbonyl (C=O) groups is 1. The van der Waals surface area contributed by atoms with E-state index in [1.165, 1.54) is 6.42 Å². The topological polar surface area (TPSA) is 55.6 Å². The Morgan fingerprint density at radius 1 is 1.60 bits per heavy atom. The fourth-order valence-corrected chi connectivity index (χ4v) is 2.37. The van der Waals surface area contributed by atoms with Crippen molar-refractivity contribution in [3.8, 4) is 0 Å². The van der Waals surface area contributed by atoms with Gasteiger partial charge in [0.1, 0.15) is 5.60 Å². The summed E-state index contributed by atoms with van der Waals surface area (Å²) in [6.45, 7) is 7.97. The summed E-state index contributed by atoms with van der Waals surface area (Å²) in [5.74, 6) is 0.620. The van der Waals surface area contributed by atoms with Crippen molar-refractivity contribution in [3.05, 3.63) is 0 Å². The molecule has 2 aliphatic rings. The predicted octanol–water partition coefficient (Wildman–Crippen LogP) is 1.20. The lowest BCUT2D eigenvalue weighted by atomic mass is 10.1. The van der Waals surface area contributed by atoms with Crippen molar-refractivity contribution in [2.75, 3.05) is 19.6 Å². The molecule has 2 N–H and O–H groups in total. The maximum Gasteiger partial charge on any atom is 0.410 e. The highest BCUT2D eigenvalue weighted by molar-refractivity contribution is 5.69. The maximum atomic E-state index is 11.7. The Morgan fingerprint density at radius 2 is 2.27 bits per heavy atom. The van der Waals surface area contributed by atoms with E-state index in [9.17, 15) is 4.79 Å². The van der Waals surface area contributed by atoms with Gasteiger partial charge in [-0.25, -0.2) is 4.79 Å². The fourth-order valence-electron chi connectivity index (χ4n) is 2.37. The molecule has 15 heavy (non-hydrogen) atoms. The minimum Gasteiger partial charge on any atom is -0.444 e. The molecule has 4 heteroatoms. The van der Waals surface area contributed by atoms with Crippen LogP contribution in [0.1, 0.15) is 27.2 Å². The molecule has 2 atom stereocenters. The van der Waals surface area contributed by atoms with Crippen LogP contribution in [-0.4, -0.2) is 36.2 Å². The quantitative estimate of drug-likeness (QED) is 0.710. The molecule has 0 aromatic carbocycles. The number of piperidine rings is 1. The van der Waals surface area contributed by atoms with Gasteiger partial charge in [0.05, 0.1) is 0 Å². The van der Waals surface area contributed by atoms with Gasteiger partial charge >= 0.3 is 6.09 Å². The first kappa shape index (κ1) is 10.7. The zero-order chi connectivity index (χ0) is 11.3. The van der Waals surface area contributed by atoms with E-state index in [1.54, 1.807) is 4.90 Å². The number of hydrogen-bond acceptors (Lipinski definition) is 3. The summed E-state index contributed by atoms with van der Waals surface area (Å²) in [6, 6.07) is 0. The zero-order valence-corrected chi connectivity index (χ0v) is 9.75. The molecule has 1 aliphatic carbocycles. The highest BCUT2D eigenvalue weighted by atomic mass is 16.6. The molecule has 0 bridgehead atoms. The Bertz CT molecular complexity index is 281. The Kier molecular flexibility index (Phi) is 2.23. The van der Waals surface area contributed by atoms with Gasteiger partial charge < -0.3 is 15.4 Å². The molecule has 1 heterocycles. The van der Waals surface area contributed by atoms with Gasteiger partial charge in [-0.05, 0) is 39.7 Å². The Morgan fingerprint density at radius 3 is 2.73 bits per heavy atom. The van der Waals surface area contributed by atoms with Crippen LogP contribution in [0.15, 0.2) is 0 Å². The Hall–Kier alpha value is -0.770. The first-order chi connectivity index (χ1) is 6.86. The van der Waals surface area contributed by atoms with Crippen molar-refractivity contribution in [3.63, 3.8) is 0 Å². The van der Waals surface area contributed by atoms with E-state index in [2.05, 4.69) is 0 Å². The first-order valence-corrected chi connectivity index (χ1v) is 5.54. The monoisotopic (exact) mass is 212 g/mol. The number of ether oxygens (including phenoxy) is 1. The lowest BCUT2D eigenvalue weighted by Crippen LogP contribution is -2.38. The summed E-state index contributed by atoms with van der Waals surface area (Å²) in [4.78, 5) is 13.5. The van der Waals surface area contributed by atoms with E-state index in [4.69, 9.17) is 10.5 Å². The summed E-state index contributed by atoms with van der Waals surface area (Å²) in [6.07, 6.45) is 0.991. The second-order valence-corrected chi connectivity index (χ2v) is 5.83. The molecule has 0 spiro atoms. The van der Waals surface area contributed by atoms with Crippen LogP contribution >= 0.6 is 0 Å². The molecule has 0 radical (unpaired) electrons. The van der Waals surface area contributed by atoms with Crippen molar-refractivity contribution in [2.24, 2.45) is 17.1 Å². The molecule has 1 saturated carbocycles. The van der Waals surface area contributed by atoms with Crippen LogP contribution in [0.5, 0.6) is 0 Å². The van der Waals surface area contributed by atoms with Crippen molar-refractivity contribution >= 4 is 6.09 Å². The molecule has 1 amide bonds. The molecular weight excluding hydrogens is 192 g/mol. The number of amides is 1. The molecular formula is C11H20N2O2. The van der Waals surface area contributed by atoms with Crippen molar-refractivity contribution < 1.29 is 9.53 Å². The van der Waals surface area contributed by atoms with E-state index in [0.717, 1.165) is 13.1 Å². The van der Waals surface area contributed by atoms with Crippen molar-refractivity contribution in [1.29, 1.82) is 0 Å². The van der Waals surface area contributed by atoms with Gasteiger partial charge in [-0.2, -0.15) is 0 Å². The summed E-state index contributed by atoms with van der Waals surface area (Å²) in [5, 5.41) is 0. The summed E-state index contributed by atoms with van der Waals surface area (Å²) in [7, 11) is 0. The van der Waals surface area contributed by atoms with Crippen molar-refractivity contribution in [2.45, 2.75) is 32.8 Å². The number of fused-ring (bicyclic) bond motifs is 1. The highest BCUT2D eigenvalue weighted by Crippen LogP contribution is 2.56. The average molecular weight is 212 g/mol. The largest absolute Gasteiger partial charge is 0.444 e. The first-order valence-electron chi connectivity index (χ1n) is 5.54. The molecule has 4 nitrogen and oxygen atoms in total. The molecule has 2 rings (SSSR count). The molecule has 0 unspecified atom stereocenters. The smallest absolute Gasteiger partial charge is 0.410 e.